The zero-order chi connectivity index (χ0) is 31.7. The van der Waals surface area contributed by atoms with E-state index in [4.69, 9.17) is 0 Å². The van der Waals surface area contributed by atoms with Crippen molar-refractivity contribution in [2.24, 2.45) is 0 Å². The lowest BCUT2D eigenvalue weighted by atomic mass is 9.70. The highest BCUT2D eigenvalue weighted by molar-refractivity contribution is 6.08. The van der Waals surface area contributed by atoms with Gasteiger partial charge in [-0.15, -0.1) is 0 Å². The van der Waals surface area contributed by atoms with Gasteiger partial charge in [-0.1, -0.05) is 109 Å². The summed E-state index contributed by atoms with van der Waals surface area (Å²) in [7, 11) is 0. The summed E-state index contributed by atoms with van der Waals surface area (Å²) >= 11 is 0. The van der Waals surface area contributed by atoms with E-state index >= 15 is 0 Å². The first-order valence-electron chi connectivity index (χ1n) is 16.4. The Hall–Kier alpha value is -6.32. The predicted molar refractivity (Wildman–Crippen MR) is 195 cm³/mol. The molecule has 11 rings (SSSR count). The molecule has 48 heavy (non-hydrogen) atoms. The second-order valence-electron chi connectivity index (χ2n) is 13.1. The maximum atomic E-state index is 14.2. The van der Waals surface area contributed by atoms with Crippen LogP contribution in [0.25, 0.3) is 71.5 Å². The van der Waals surface area contributed by atoms with Crippen LogP contribution in [0.5, 0.6) is 0 Å². The zero-order valence-electron chi connectivity index (χ0n) is 25.7. The normalized spacial score (nSPS) is 13.8. The third-order valence-corrected chi connectivity index (χ3v) is 11.0. The van der Waals surface area contributed by atoms with Gasteiger partial charge in [0.1, 0.15) is 0 Å². The largest absolute Gasteiger partial charge is 0.308 e. The Morgan fingerprint density at radius 1 is 0.375 bits per heavy atom. The Labute approximate surface area is 274 Å². The summed E-state index contributed by atoms with van der Waals surface area (Å²) in [5.74, 6) is 0. The molecule has 0 fully saturated rings. The molecule has 0 unspecified atom stereocenters. The van der Waals surface area contributed by atoms with Crippen LogP contribution in [0.15, 0.2) is 161 Å². The molecule has 9 aromatic rings. The first-order chi connectivity index (χ1) is 23.7. The van der Waals surface area contributed by atoms with Crippen LogP contribution >= 0.6 is 0 Å². The standard InChI is InChI=1S/C45H25NO2/c47-43-32-13-4-8-19-40(32)46-41-23-21-26(24-35(41)44(48)34-15-9-14-33(43)42(34)46)27-20-22-31-30-12-3-7-18-38(30)45(39(31)25-27)36-16-5-1-10-28(36)29-11-2-6-17-37(29)45/h1-25H. The zero-order valence-corrected chi connectivity index (χ0v) is 25.7. The molecule has 2 aliphatic carbocycles. The van der Waals surface area contributed by atoms with Crippen molar-refractivity contribution < 1.29 is 0 Å². The summed E-state index contributed by atoms with van der Waals surface area (Å²) in [6.45, 7) is 0. The smallest absolute Gasteiger partial charge is 0.197 e. The Kier molecular flexibility index (Phi) is 4.81. The fourth-order valence-electron chi connectivity index (χ4n) is 9.04. The van der Waals surface area contributed by atoms with Crippen molar-refractivity contribution in [3.63, 3.8) is 0 Å². The van der Waals surface area contributed by atoms with E-state index in [1.165, 1.54) is 44.5 Å². The highest BCUT2D eigenvalue weighted by Crippen LogP contribution is 2.63. The molecule has 0 amide bonds. The van der Waals surface area contributed by atoms with E-state index in [1.54, 1.807) is 0 Å². The third-order valence-electron chi connectivity index (χ3n) is 11.0. The lowest BCUT2D eigenvalue weighted by Crippen LogP contribution is -2.25. The van der Waals surface area contributed by atoms with Crippen molar-refractivity contribution in [2.45, 2.75) is 5.41 Å². The summed E-state index contributed by atoms with van der Waals surface area (Å²) in [5, 5.41) is 2.40. The number of nitrogens with zero attached hydrogens (tertiary/aromatic N) is 1. The van der Waals surface area contributed by atoms with Crippen molar-refractivity contribution in [3.8, 4) is 33.4 Å². The van der Waals surface area contributed by atoms with E-state index in [2.05, 4.69) is 101 Å². The van der Waals surface area contributed by atoms with Gasteiger partial charge < -0.3 is 4.40 Å². The molecule has 2 aromatic heterocycles. The number of hydrogen-bond acceptors (Lipinski definition) is 2. The van der Waals surface area contributed by atoms with E-state index in [0.29, 0.717) is 27.1 Å². The average molecular weight is 612 g/mol. The number of benzene rings is 7. The van der Waals surface area contributed by atoms with E-state index in [-0.39, 0.29) is 10.9 Å². The Morgan fingerprint density at radius 2 is 0.854 bits per heavy atom. The molecule has 0 radical (unpaired) electrons. The summed E-state index contributed by atoms with van der Waals surface area (Å²) in [5.41, 5.74) is 14.0. The number of aromatic nitrogens is 1. The molecule has 2 aliphatic rings. The molecular formula is C45H25NO2. The lowest BCUT2D eigenvalue weighted by molar-refractivity contribution is 0.794. The van der Waals surface area contributed by atoms with Gasteiger partial charge in [0, 0.05) is 21.5 Å². The molecular weight excluding hydrogens is 587 g/mol. The first-order valence-corrected chi connectivity index (χ1v) is 16.4. The van der Waals surface area contributed by atoms with E-state index in [1.807, 2.05) is 54.6 Å². The molecule has 3 heteroatoms. The van der Waals surface area contributed by atoms with E-state index < -0.39 is 5.41 Å². The van der Waals surface area contributed by atoms with Gasteiger partial charge in [-0.05, 0) is 98.1 Å². The third kappa shape index (κ3) is 2.96. The Balaban J connectivity index is 1.21. The van der Waals surface area contributed by atoms with Gasteiger partial charge >= 0.3 is 0 Å². The SMILES string of the molecule is O=c1c2ccccc2n2c3ccc(-c4ccc5c(c4)C4(c6ccccc6-c6ccccc64)c4ccccc4-5)cc3c(=O)c3cccc1c32. The minimum atomic E-state index is -0.432. The molecule has 3 nitrogen and oxygen atoms in total. The van der Waals surface area contributed by atoms with Crippen LogP contribution < -0.4 is 10.9 Å². The van der Waals surface area contributed by atoms with Crippen molar-refractivity contribution in [3.05, 3.63) is 194 Å². The van der Waals surface area contributed by atoms with Gasteiger partial charge in [0.25, 0.3) is 0 Å². The highest BCUT2D eigenvalue weighted by atomic mass is 16.1. The molecule has 0 aliphatic heterocycles. The van der Waals surface area contributed by atoms with Gasteiger partial charge in [-0.3, -0.25) is 9.59 Å². The van der Waals surface area contributed by atoms with Crippen LogP contribution in [0.4, 0.5) is 0 Å². The topological polar surface area (TPSA) is 38.5 Å². The van der Waals surface area contributed by atoms with Crippen LogP contribution in [-0.2, 0) is 5.41 Å². The highest BCUT2D eigenvalue weighted by Gasteiger charge is 2.51. The predicted octanol–water partition coefficient (Wildman–Crippen LogP) is 9.57. The number of pyridine rings is 2. The second kappa shape index (κ2) is 8.93. The summed E-state index contributed by atoms with van der Waals surface area (Å²) in [6.07, 6.45) is 0. The average Bonchev–Trinajstić information content (AvgIpc) is 3.61. The van der Waals surface area contributed by atoms with E-state index in [9.17, 15) is 9.59 Å². The molecule has 0 N–H and O–H groups in total. The van der Waals surface area contributed by atoms with Crippen molar-refractivity contribution in [1.29, 1.82) is 0 Å². The molecule has 1 spiro atoms. The van der Waals surface area contributed by atoms with Gasteiger partial charge in [-0.2, -0.15) is 0 Å². The van der Waals surface area contributed by atoms with Gasteiger partial charge in [0.2, 0.25) is 0 Å². The molecule has 7 aromatic carbocycles. The maximum Gasteiger partial charge on any atom is 0.197 e. The Morgan fingerprint density at radius 3 is 1.52 bits per heavy atom. The van der Waals surface area contributed by atoms with Crippen LogP contribution in [0, 0.1) is 0 Å². The Bertz CT molecular complexity index is 2940. The number of rotatable bonds is 1. The number of para-hydroxylation sites is 2. The van der Waals surface area contributed by atoms with Crippen molar-refractivity contribution in [2.75, 3.05) is 0 Å². The summed E-state index contributed by atoms with van der Waals surface area (Å²) in [4.78, 5) is 27.7. The van der Waals surface area contributed by atoms with Gasteiger partial charge in [0.05, 0.1) is 22.0 Å². The first kappa shape index (κ1) is 25.8. The molecule has 222 valence electrons. The molecule has 0 saturated carbocycles. The number of hydrogen-bond donors (Lipinski definition) is 0. The molecule has 2 heterocycles. The quantitative estimate of drug-likeness (QED) is 0.137. The summed E-state index contributed by atoms with van der Waals surface area (Å²) < 4.78 is 2.10. The van der Waals surface area contributed by atoms with Crippen LogP contribution in [-0.4, -0.2) is 4.40 Å². The number of fused-ring (bicyclic) bond motifs is 14. The van der Waals surface area contributed by atoms with Crippen LogP contribution in [0.3, 0.4) is 0 Å². The van der Waals surface area contributed by atoms with Crippen molar-refractivity contribution in [1.82, 2.24) is 4.40 Å². The minimum absolute atomic E-state index is 0.0466. The van der Waals surface area contributed by atoms with Gasteiger partial charge in [-0.25, -0.2) is 0 Å². The molecule has 0 saturated heterocycles. The fourth-order valence-corrected chi connectivity index (χ4v) is 9.04. The molecule has 0 bridgehead atoms. The molecule has 0 atom stereocenters. The van der Waals surface area contributed by atoms with Crippen molar-refractivity contribution >= 4 is 38.1 Å². The fraction of sp³-hybridized carbons (Fsp3) is 0.0222. The summed E-state index contributed by atoms with van der Waals surface area (Å²) in [6, 6.07) is 52.7. The van der Waals surface area contributed by atoms with Crippen LogP contribution in [0.2, 0.25) is 0 Å². The maximum absolute atomic E-state index is 14.2. The van der Waals surface area contributed by atoms with E-state index in [0.717, 1.165) is 22.2 Å². The minimum Gasteiger partial charge on any atom is -0.308 e. The van der Waals surface area contributed by atoms with Gasteiger partial charge in [0.15, 0.2) is 10.9 Å². The lowest BCUT2D eigenvalue weighted by Gasteiger charge is -2.30. The van der Waals surface area contributed by atoms with Crippen LogP contribution in [0.1, 0.15) is 22.3 Å². The second-order valence-corrected chi connectivity index (χ2v) is 13.1. The monoisotopic (exact) mass is 611 g/mol.